The molecule has 2 fully saturated rings. The number of nitrogens with zero attached hydrogens (tertiary/aromatic N) is 3. The van der Waals surface area contributed by atoms with Crippen molar-refractivity contribution in [1.82, 2.24) is 4.57 Å². The van der Waals surface area contributed by atoms with Gasteiger partial charge in [-0.05, 0) is 82.4 Å². The Balaban J connectivity index is 1.50. The smallest absolute Gasteiger partial charge is 0.371 e. The molecule has 2 aromatic rings. The Labute approximate surface area is 217 Å². The second kappa shape index (κ2) is 9.33. The molecular weight excluding hydrogens is 475 g/mol. The van der Waals surface area contributed by atoms with Crippen LogP contribution in [0.25, 0.3) is 5.70 Å². The van der Waals surface area contributed by atoms with Crippen LogP contribution in [0.3, 0.4) is 0 Å². The first-order valence-corrected chi connectivity index (χ1v) is 13.5. The number of hydrogen-bond donors (Lipinski definition) is 0. The third kappa shape index (κ3) is 4.75. The lowest BCUT2D eigenvalue weighted by atomic mass is 9.81. The average molecular weight is 514 g/mol. The maximum atomic E-state index is 14.6. The SMILES string of the molecule is CC/C=C(\CC1CC1)n1ccc(N2CCC3(CC2)OC(C)(C)c2cc(C)ccc23)c(C(F)(F)F)/c1=N/C. The molecule has 1 aliphatic carbocycles. The second-order valence-corrected chi connectivity index (χ2v) is 11.4. The van der Waals surface area contributed by atoms with Crippen molar-refractivity contribution in [2.75, 3.05) is 25.0 Å². The summed E-state index contributed by atoms with van der Waals surface area (Å²) in [5, 5.41) is 0. The van der Waals surface area contributed by atoms with Gasteiger partial charge in [0, 0.05) is 32.0 Å². The molecule has 4 nitrogen and oxygen atoms in total. The number of halogens is 3. The Morgan fingerprint density at radius 3 is 2.43 bits per heavy atom. The fourth-order valence-corrected chi connectivity index (χ4v) is 6.29. The summed E-state index contributed by atoms with van der Waals surface area (Å²) in [4.78, 5) is 6.08. The van der Waals surface area contributed by atoms with Crippen molar-refractivity contribution in [3.05, 3.63) is 64.3 Å². The number of benzene rings is 1. The van der Waals surface area contributed by atoms with E-state index in [1.165, 1.54) is 23.7 Å². The zero-order valence-electron chi connectivity index (χ0n) is 22.6. The summed E-state index contributed by atoms with van der Waals surface area (Å²) in [6.45, 7) is 9.24. The highest BCUT2D eigenvalue weighted by atomic mass is 19.4. The number of aromatic nitrogens is 1. The fourth-order valence-electron chi connectivity index (χ4n) is 6.29. The van der Waals surface area contributed by atoms with Crippen LogP contribution in [0.1, 0.15) is 81.5 Å². The fraction of sp³-hybridized carbons (Fsp3) is 0.567. The van der Waals surface area contributed by atoms with Crippen LogP contribution < -0.4 is 10.4 Å². The molecule has 7 heteroatoms. The van der Waals surface area contributed by atoms with Gasteiger partial charge in [0.25, 0.3) is 0 Å². The second-order valence-electron chi connectivity index (χ2n) is 11.4. The zero-order valence-corrected chi connectivity index (χ0v) is 22.6. The van der Waals surface area contributed by atoms with Gasteiger partial charge in [0.15, 0.2) is 0 Å². The number of anilines is 1. The van der Waals surface area contributed by atoms with Crippen molar-refractivity contribution in [2.45, 2.75) is 83.6 Å². The van der Waals surface area contributed by atoms with Crippen LogP contribution in [0.4, 0.5) is 18.9 Å². The minimum absolute atomic E-state index is 0.00953. The van der Waals surface area contributed by atoms with E-state index in [0.717, 1.165) is 31.4 Å². The van der Waals surface area contributed by atoms with E-state index in [-0.39, 0.29) is 11.2 Å². The first-order chi connectivity index (χ1) is 17.5. The monoisotopic (exact) mass is 513 g/mol. The highest BCUT2D eigenvalue weighted by molar-refractivity contribution is 5.58. The van der Waals surface area contributed by atoms with Crippen LogP contribution in [0.2, 0.25) is 0 Å². The molecule has 200 valence electrons. The van der Waals surface area contributed by atoms with Crippen molar-refractivity contribution >= 4 is 11.4 Å². The molecule has 1 saturated carbocycles. The van der Waals surface area contributed by atoms with E-state index in [9.17, 15) is 13.2 Å². The number of hydrogen-bond acceptors (Lipinski definition) is 3. The predicted octanol–water partition coefficient (Wildman–Crippen LogP) is 7.16. The Morgan fingerprint density at radius 1 is 1.14 bits per heavy atom. The van der Waals surface area contributed by atoms with Gasteiger partial charge in [0.1, 0.15) is 11.1 Å². The molecule has 1 aromatic carbocycles. The molecule has 0 bridgehead atoms. The zero-order chi connectivity index (χ0) is 26.6. The topological polar surface area (TPSA) is 29.8 Å². The lowest BCUT2D eigenvalue weighted by Crippen LogP contribution is -2.45. The van der Waals surface area contributed by atoms with Gasteiger partial charge in [-0.25, -0.2) is 0 Å². The van der Waals surface area contributed by atoms with E-state index in [1.807, 2.05) is 17.9 Å². The maximum absolute atomic E-state index is 14.6. The van der Waals surface area contributed by atoms with E-state index in [1.54, 1.807) is 16.8 Å². The first kappa shape index (κ1) is 26.1. The van der Waals surface area contributed by atoms with Crippen LogP contribution in [0, 0.1) is 12.8 Å². The molecule has 1 saturated heterocycles. The number of allylic oxidation sites excluding steroid dienone is 2. The molecule has 37 heavy (non-hydrogen) atoms. The van der Waals surface area contributed by atoms with Crippen molar-refractivity contribution in [1.29, 1.82) is 0 Å². The van der Waals surface area contributed by atoms with Crippen molar-refractivity contribution in [3.8, 4) is 0 Å². The van der Waals surface area contributed by atoms with Gasteiger partial charge < -0.3 is 14.2 Å². The minimum Gasteiger partial charge on any atom is -0.371 e. The van der Waals surface area contributed by atoms with Crippen LogP contribution in [-0.4, -0.2) is 24.7 Å². The number of aryl methyl sites for hydroxylation is 1. The lowest BCUT2D eigenvalue weighted by molar-refractivity contribution is -0.139. The summed E-state index contributed by atoms with van der Waals surface area (Å²) < 4.78 is 52.3. The molecule has 0 unspecified atom stereocenters. The van der Waals surface area contributed by atoms with Crippen LogP contribution in [0.5, 0.6) is 0 Å². The van der Waals surface area contributed by atoms with Gasteiger partial charge in [-0.2, -0.15) is 13.2 Å². The molecule has 1 spiro atoms. The molecule has 3 aliphatic rings. The van der Waals surface area contributed by atoms with Crippen molar-refractivity contribution < 1.29 is 17.9 Å². The van der Waals surface area contributed by atoms with Gasteiger partial charge in [-0.1, -0.05) is 36.8 Å². The van der Waals surface area contributed by atoms with E-state index >= 15 is 0 Å². The lowest BCUT2D eigenvalue weighted by Gasteiger charge is -2.42. The third-order valence-corrected chi connectivity index (χ3v) is 8.21. The Kier molecular flexibility index (Phi) is 6.58. The standard InChI is InChI=1S/C30H38F3N3O/c1-6-7-22(19-21-9-10-21)36-15-12-25(26(27(36)34-5)30(31,32)33)35-16-13-29(14-17-35)23-11-8-20(2)18-24(23)28(3,4)37-29/h7-8,11-12,15,18,21H,6,9-10,13-14,16-17,19H2,1-5H3/b22-7+,34-27-. The van der Waals surface area contributed by atoms with E-state index in [0.29, 0.717) is 31.8 Å². The highest BCUT2D eigenvalue weighted by Gasteiger charge is 2.50. The largest absolute Gasteiger partial charge is 0.421 e. The molecule has 0 N–H and O–H groups in total. The van der Waals surface area contributed by atoms with Crippen molar-refractivity contribution in [3.63, 3.8) is 0 Å². The Bertz CT molecular complexity index is 1280. The summed E-state index contributed by atoms with van der Waals surface area (Å²) in [6.07, 6.45) is 4.42. The molecular formula is C30H38F3N3O. The van der Waals surface area contributed by atoms with Gasteiger partial charge in [0.2, 0.25) is 0 Å². The van der Waals surface area contributed by atoms with Gasteiger partial charge in [-0.3, -0.25) is 4.99 Å². The number of alkyl halides is 3. The normalized spacial score (nSPS) is 21.6. The van der Waals surface area contributed by atoms with Gasteiger partial charge in [-0.15, -0.1) is 0 Å². The number of ether oxygens (including phenoxy) is 1. The Morgan fingerprint density at radius 2 is 1.84 bits per heavy atom. The summed E-state index contributed by atoms with van der Waals surface area (Å²) in [6, 6.07) is 8.08. The molecule has 3 heterocycles. The quantitative estimate of drug-likeness (QED) is 0.425. The molecule has 0 atom stereocenters. The number of pyridine rings is 1. The highest BCUT2D eigenvalue weighted by Crippen LogP contribution is 2.52. The average Bonchev–Trinajstić information content (AvgIpc) is 3.63. The maximum Gasteiger partial charge on any atom is 0.421 e. The minimum atomic E-state index is -4.52. The number of rotatable bonds is 5. The van der Waals surface area contributed by atoms with Gasteiger partial charge in [0.05, 0.1) is 16.9 Å². The summed E-state index contributed by atoms with van der Waals surface area (Å²) in [5.41, 5.74) is 3.15. The summed E-state index contributed by atoms with van der Waals surface area (Å²) in [5.74, 6) is 0.560. The van der Waals surface area contributed by atoms with Crippen LogP contribution >= 0.6 is 0 Å². The summed E-state index contributed by atoms with van der Waals surface area (Å²) in [7, 11) is 1.46. The van der Waals surface area contributed by atoms with Gasteiger partial charge >= 0.3 is 6.18 Å². The van der Waals surface area contributed by atoms with Crippen LogP contribution in [-0.2, 0) is 22.1 Å². The molecule has 2 aliphatic heterocycles. The molecule has 0 amide bonds. The third-order valence-electron chi connectivity index (χ3n) is 8.21. The molecule has 0 radical (unpaired) electrons. The molecule has 5 rings (SSSR count). The van der Waals surface area contributed by atoms with E-state index in [2.05, 4.69) is 44.0 Å². The van der Waals surface area contributed by atoms with Crippen LogP contribution in [0.15, 0.2) is 41.5 Å². The number of piperidine rings is 1. The Hall–Kier alpha value is -2.54. The number of fused-ring (bicyclic) bond motifs is 2. The first-order valence-electron chi connectivity index (χ1n) is 13.5. The van der Waals surface area contributed by atoms with E-state index < -0.39 is 22.9 Å². The van der Waals surface area contributed by atoms with E-state index in [4.69, 9.17) is 4.74 Å². The summed E-state index contributed by atoms with van der Waals surface area (Å²) >= 11 is 0. The van der Waals surface area contributed by atoms with Crippen molar-refractivity contribution in [2.24, 2.45) is 10.9 Å². The predicted molar refractivity (Wildman–Crippen MR) is 141 cm³/mol. The molecule has 1 aromatic heterocycles.